The molecule has 0 saturated carbocycles. The van der Waals surface area contributed by atoms with Crippen LogP contribution in [-0.4, -0.2) is 17.0 Å². The number of nitriles is 1. The number of nitrogens with zero attached hydrogens (tertiary/aromatic N) is 1. The highest BCUT2D eigenvalue weighted by molar-refractivity contribution is 8.00. The first-order valence-electron chi connectivity index (χ1n) is 5.29. The highest BCUT2D eigenvalue weighted by Crippen LogP contribution is 2.30. The second kappa shape index (κ2) is 4.75. The molecular weight excluding hydrogens is 223 g/mol. The summed E-state index contributed by atoms with van der Waals surface area (Å²) >= 11 is 1.90. The molecule has 0 spiro atoms. The smallest absolute Gasteiger partial charge is 0.143 e. The summed E-state index contributed by atoms with van der Waals surface area (Å²) in [6, 6.07) is 6.95. The summed E-state index contributed by atoms with van der Waals surface area (Å²) in [5, 5.41) is 12.7. The van der Waals surface area contributed by atoms with Crippen LogP contribution in [-0.2, 0) is 0 Å². The molecule has 1 aromatic carbocycles. The summed E-state index contributed by atoms with van der Waals surface area (Å²) in [5.74, 6) is 0.668. The van der Waals surface area contributed by atoms with Crippen molar-refractivity contribution in [1.82, 2.24) is 0 Å². The van der Waals surface area contributed by atoms with Gasteiger partial charge in [-0.2, -0.15) is 17.0 Å². The number of hydrogen-bond acceptors (Lipinski definition) is 3. The lowest BCUT2D eigenvalue weighted by Crippen LogP contribution is -2.25. The van der Waals surface area contributed by atoms with Crippen molar-refractivity contribution in [2.45, 2.75) is 24.6 Å². The van der Waals surface area contributed by atoms with Crippen LogP contribution in [0.5, 0.6) is 0 Å². The normalized spacial score (nSPS) is 24.1. The highest BCUT2D eigenvalue weighted by Gasteiger charge is 2.24. The van der Waals surface area contributed by atoms with E-state index in [9.17, 15) is 4.39 Å². The molecule has 0 amide bonds. The highest BCUT2D eigenvalue weighted by atomic mass is 32.2. The van der Waals surface area contributed by atoms with Crippen molar-refractivity contribution in [2.24, 2.45) is 0 Å². The minimum atomic E-state index is -0.453. The van der Waals surface area contributed by atoms with Gasteiger partial charge in [0.2, 0.25) is 0 Å². The Bertz CT molecular complexity index is 428. The summed E-state index contributed by atoms with van der Waals surface area (Å²) in [6.07, 6.45) is 1.06. The lowest BCUT2D eigenvalue weighted by Gasteiger charge is -2.18. The van der Waals surface area contributed by atoms with Crippen LogP contribution in [0.2, 0.25) is 0 Å². The minimum Gasteiger partial charge on any atom is -0.380 e. The number of benzene rings is 1. The van der Waals surface area contributed by atoms with Crippen LogP contribution in [0.3, 0.4) is 0 Å². The lowest BCUT2D eigenvalue weighted by molar-refractivity contribution is 0.623. The van der Waals surface area contributed by atoms with Gasteiger partial charge in [0.05, 0.1) is 5.69 Å². The van der Waals surface area contributed by atoms with Crippen molar-refractivity contribution in [3.63, 3.8) is 0 Å². The molecule has 1 N–H and O–H groups in total. The molecule has 0 aliphatic carbocycles. The van der Waals surface area contributed by atoms with Crippen molar-refractivity contribution >= 4 is 17.4 Å². The van der Waals surface area contributed by atoms with E-state index in [0.29, 0.717) is 17.0 Å². The molecule has 1 aliphatic rings. The number of nitrogens with one attached hydrogen (secondary N) is 1. The fraction of sp³-hybridized carbons (Fsp3) is 0.417. The quantitative estimate of drug-likeness (QED) is 0.857. The van der Waals surface area contributed by atoms with Gasteiger partial charge >= 0.3 is 0 Å². The Morgan fingerprint density at radius 2 is 2.38 bits per heavy atom. The Morgan fingerprint density at radius 3 is 3.00 bits per heavy atom. The number of anilines is 1. The number of hydrogen-bond donors (Lipinski definition) is 1. The fourth-order valence-corrected chi connectivity index (χ4v) is 3.08. The van der Waals surface area contributed by atoms with Crippen molar-refractivity contribution in [3.05, 3.63) is 29.6 Å². The first kappa shape index (κ1) is 11.3. The van der Waals surface area contributed by atoms with Crippen molar-refractivity contribution in [2.75, 3.05) is 11.1 Å². The van der Waals surface area contributed by atoms with E-state index in [1.54, 1.807) is 12.1 Å². The monoisotopic (exact) mass is 236 g/mol. The molecule has 0 bridgehead atoms. The molecule has 4 heteroatoms. The van der Waals surface area contributed by atoms with Gasteiger partial charge in [0.1, 0.15) is 17.4 Å². The molecule has 84 valence electrons. The molecule has 1 aromatic rings. The Hall–Kier alpha value is -1.21. The Balaban J connectivity index is 2.21. The van der Waals surface area contributed by atoms with Crippen molar-refractivity contribution in [1.29, 1.82) is 5.26 Å². The maximum Gasteiger partial charge on any atom is 0.143 e. The molecule has 1 aliphatic heterocycles. The van der Waals surface area contributed by atoms with Gasteiger partial charge in [-0.1, -0.05) is 13.0 Å². The Kier molecular flexibility index (Phi) is 3.35. The zero-order valence-electron chi connectivity index (χ0n) is 9.03. The van der Waals surface area contributed by atoms with E-state index in [0.717, 1.165) is 12.2 Å². The predicted molar refractivity (Wildman–Crippen MR) is 65.1 cm³/mol. The van der Waals surface area contributed by atoms with E-state index in [1.165, 1.54) is 6.07 Å². The summed E-state index contributed by atoms with van der Waals surface area (Å²) in [4.78, 5) is 0. The zero-order chi connectivity index (χ0) is 11.5. The number of halogens is 1. The Labute approximate surface area is 98.8 Å². The second-order valence-electron chi connectivity index (χ2n) is 3.89. The molecule has 1 saturated heterocycles. The Morgan fingerprint density at radius 1 is 1.56 bits per heavy atom. The van der Waals surface area contributed by atoms with Gasteiger partial charge in [0.15, 0.2) is 0 Å². The third-order valence-electron chi connectivity index (χ3n) is 2.84. The zero-order valence-corrected chi connectivity index (χ0v) is 9.85. The van der Waals surface area contributed by atoms with E-state index >= 15 is 0 Å². The van der Waals surface area contributed by atoms with Gasteiger partial charge in [0, 0.05) is 11.3 Å². The van der Waals surface area contributed by atoms with Crippen LogP contribution in [0.25, 0.3) is 0 Å². The van der Waals surface area contributed by atoms with Crippen LogP contribution in [0.4, 0.5) is 10.1 Å². The predicted octanol–water partition coefficient (Wildman–Crippen LogP) is 3.00. The standard InChI is InChI=1S/C12H13FN2S/c1-8-11(5-6-16-8)15-12-4-2-3-10(13)9(12)7-14/h2-4,8,11,15H,5-6H2,1H3. The molecule has 1 heterocycles. The molecule has 2 atom stereocenters. The molecule has 0 aromatic heterocycles. The van der Waals surface area contributed by atoms with Crippen LogP contribution in [0, 0.1) is 17.1 Å². The summed E-state index contributed by atoms with van der Waals surface area (Å²) < 4.78 is 13.4. The van der Waals surface area contributed by atoms with Gasteiger partial charge < -0.3 is 5.32 Å². The van der Waals surface area contributed by atoms with E-state index in [-0.39, 0.29) is 5.56 Å². The average molecular weight is 236 g/mol. The maximum atomic E-state index is 13.4. The summed E-state index contributed by atoms with van der Waals surface area (Å²) in [7, 11) is 0. The molecule has 0 radical (unpaired) electrons. The molecule has 2 nitrogen and oxygen atoms in total. The lowest BCUT2D eigenvalue weighted by atomic mass is 10.1. The van der Waals surface area contributed by atoms with Gasteiger partial charge in [-0.05, 0) is 24.3 Å². The summed E-state index contributed by atoms with van der Waals surface area (Å²) in [6.45, 7) is 2.15. The number of rotatable bonds is 2. The maximum absolute atomic E-state index is 13.4. The van der Waals surface area contributed by atoms with Crippen LogP contribution in [0.1, 0.15) is 18.9 Å². The topological polar surface area (TPSA) is 35.8 Å². The van der Waals surface area contributed by atoms with Gasteiger partial charge in [0.25, 0.3) is 0 Å². The second-order valence-corrected chi connectivity index (χ2v) is 5.37. The SMILES string of the molecule is CC1SCCC1Nc1cccc(F)c1C#N. The van der Waals surface area contributed by atoms with Crippen LogP contribution in [0.15, 0.2) is 18.2 Å². The van der Waals surface area contributed by atoms with Gasteiger partial charge in [-0.25, -0.2) is 4.39 Å². The van der Waals surface area contributed by atoms with E-state index in [2.05, 4.69) is 12.2 Å². The third-order valence-corrected chi connectivity index (χ3v) is 4.17. The average Bonchev–Trinajstić information content (AvgIpc) is 2.65. The van der Waals surface area contributed by atoms with Crippen molar-refractivity contribution in [3.8, 4) is 6.07 Å². The van der Waals surface area contributed by atoms with E-state index < -0.39 is 5.82 Å². The third kappa shape index (κ3) is 2.14. The first-order chi connectivity index (χ1) is 7.72. The molecule has 2 unspecified atom stereocenters. The van der Waals surface area contributed by atoms with Crippen LogP contribution < -0.4 is 5.32 Å². The molecule has 16 heavy (non-hydrogen) atoms. The number of thioether (sulfide) groups is 1. The fourth-order valence-electron chi connectivity index (χ4n) is 1.88. The van der Waals surface area contributed by atoms with E-state index in [4.69, 9.17) is 5.26 Å². The molecule has 1 fully saturated rings. The summed E-state index contributed by atoms with van der Waals surface area (Å²) in [5.41, 5.74) is 0.730. The van der Waals surface area contributed by atoms with Crippen molar-refractivity contribution < 1.29 is 4.39 Å². The van der Waals surface area contributed by atoms with Gasteiger partial charge in [-0.15, -0.1) is 0 Å². The van der Waals surface area contributed by atoms with Crippen LogP contribution >= 0.6 is 11.8 Å². The minimum absolute atomic E-state index is 0.117. The molecule has 2 rings (SSSR count). The van der Waals surface area contributed by atoms with Gasteiger partial charge in [-0.3, -0.25) is 0 Å². The van der Waals surface area contributed by atoms with E-state index in [1.807, 2.05) is 17.8 Å². The molecular formula is C12H13FN2S. The largest absolute Gasteiger partial charge is 0.380 e. The first-order valence-corrected chi connectivity index (χ1v) is 6.34.